The number of hydrogen-bond acceptors (Lipinski definition) is 6. The van der Waals surface area contributed by atoms with E-state index in [-0.39, 0.29) is 18.3 Å². The maximum Gasteiger partial charge on any atom is 0.188 e. The molecule has 180 valence electrons. The van der Waals surface area contributed by atoms with Gasteiger partial charge in [-0.05, 0) is 42.5 Å². The Morgan fingerprint density at radius 1 is 1.24 bits per heavy atom. The smallest absolute Gasteiger partial charge is 0.188 e. The Morgan fingerprint density at radius 3 is 2.65 bits per heavy atom. The summed E-state index contributed by atoms with van der Waals surface area (Å²) in [5.41, 5.74) is 1.46. The van der Waals surface area contributed by atoms with Crippen LogP contribution in [0.1, 0.15) is 18.4 Å². The van der Waals surface area contributed by atoms with Gasteiger partial charge in [-0.25, -0.2) is 9.24 Å². The van der Waals surface area contributed by atoms with E-state index in [2.05, 4.69) is 25.3 Å². The van der Waals surface area contributed by atoms with Gasteiger partial charge in [0.15, 0.2) is 17.3 Å². The minimum Gasteiger partial charge on any atom is -0.495 e. The number of alkyl halides is 1. The van der Waals surface area contributed by atoms with Crippen molar-refractivity contribution in [1.29, 1.82) is 0 Å². The van der Waals surface area contributed by atoms with Crippen LogP contribution in [0.2, 0.25) is 5.02 Å². The van der Waals surface area contributed by atoms with Crippen LogP contribution < -0.4 is 15.0 Å². The Labute approximate surface area is 209 Å². The van der Waals surface area contributed by atoms with Crippen molar-refractivity contribution < 1.29 is 14.2 Å². The highest BCUT2D eigenvalue weighted by molar-refractivity contribution is 6.32. The number of rotatable bonds is 7. The van der Waals surface area contributed by atoms with Crippen LogP contribution >= 0.6 is 24.0 Å². The molecule has 2 aromatic carbocycles. The number of aromatic nitrogens is 2. The molecule has 1 aliphatic rings. The lowest BCUT2D eigenvalue weighted by Crippen LogP contribution is -2.38. The lowest BCUT2D eigenvalue weighted by molar-refractivity contribution is 0.112. The maximum absolute atomic E-state index is 13.9. The number of anilines is 2. The topological polar surface area (TPSA) is 74.9 Å². The van der Waals surface area contributed by atoms with Gasteiger partial charge in [-0.1, -0.05) is 29.8 Å². The second kappa shape index (κ2) is 11.5. The lowest BCUT2D eigenvalue weighted by Gasteiger charge is -2.34. The third-order valence-electron chi connectivity index (χ3n) is 6.07. The first-order valence-electron chi connectivity index (χ1n) is 10.8. The van der Waals surface area contributed by atoms with E-state index in [1.54, 1.807) is 19.2 Å². The molecule has 0 saturated carbocycles. The molecule has 1 saturated heterocycles. The molecule has 7 nitrogen and oxygen atoms in total. The number of halogens is 3. The third-order valence-corrected chi connectivity index (χ3v) is 6.37. The molecule has 1 atom stereocenters. The second-order valence-electron chi connectivity index (χ2n) is 8.06. The third kappa shape index (κ3) is 5.44. The van der Waals surface area contributed by atoms with Gasteiger partial charge in [0, 0.05) is 30.4 Å². The molecule has 1 aromatic heterocycles. The van der Waals surface area contributed by atoms with E-state index >= 15 is 0 Å². The van der Waals surface area contributed by atoms with Crippen LogP contribution in [0.15, 0.2) is 36.4 Å². The summed E-state index contributed by atoms with van der Waals surface area (Å²) in [5.74, 6) is 1.76. The van der Waals surface area contributed by atoms with E-state index in [9.17, 15) is 4.39 Å². The summed E-state index contributed by atoms with van der Waals surface area (Å²) < 4.78 is 19.1. The number of nitrogens with zero attached hydrogens (tertiary/aromatic N) is 4. The second-order valence-corrected chi connectivity index (χ2v) is 8.47. The van der Waals surface area contributed by atoms with Crippen LogP contribution in [0.3, 0.4) is 0 Å². The van der Waals surface area contributed by atoms with E-state index in [0.717, 1.165) is 22.2 Å². The first-order valence-corrected chi connectivity index (χ1v) is 11.2. The number of methoxy groups -OCH3 is 1. The summed E-state index contributed by atoms with van der Waals surface area (Å²) >= 11 is 6.23. The van der Waals surface area contributed by atoms with Gasteiger partial charge in [0.25, 0.3) is 0 Å². The molecular weight excluding hydrogens is 480 g/mol. The number of fused-ring (bicyclic) bond motifs is 1. The summed E-state index contributed by atoms with van der Waals surface area (Å²) in [6.45, 7) is 8.70. The highest BCUT2D eigenvalue weighted by Gasteiger charge is 2.27. The molecule has 1 aliphatic heterocycles. The van der Waals surface area contributed by atoms with E-state index in [1.807, 2.05) is 24.3 Å². The van der Waals surface area contributed by atoms with Gasteiger partial charge in [-0.3, -0.25) is 0 Å². The minimum absolute atomic E-state index is 0. The Balaban J connectivity index is 0.00000324. The number of ether oxygens (including phenoxy) is 1. The first-order chi connectivity index (χ1) is 16.0. The Bertz CT molecular complexity index is 1180. The van der Waals surface area contributed by atoms with E-state index in [1.165, 1.54) is 0 Å². The molecule has 2 N–H and O–H groups in total. The molecule has 4 rings (SSSR count). The molecule has 0 bridgehead atoms. The van der Waals surface area contributed by atoms with Crippen molar-refractivity contribution in [3.05, 3.63) is 58.4 Å². The number of benzene rings is 2. The average molecular weight is 506 g/mol. The largest absolute Gasteiger partial charge is 0.495 e. The highest BCUT2D eigenvalue weighted by atomic mass is 35.5. The highest BCUT2D eigenvalue weighted by Crippen LogP contribution is 2.34. The summed E-state index contributed by atoms with van der Waals surface area (Å²) in [7, 11) is 1.57. The molecule has 0 radical (unpaired) electrons. The Hall–Kier alpha value is -2.86. The molecule has 34 heavy (non-hydrogen) atoms. The van der Waals surface area contributed by atoms with Gasteiger partial charge in [0.1, 0.15) is 11.9 Å². The van der Waals surface area contributed by atoms with Crippen molar-refractivity contribution >= 4 is 52.1 Å². The predicted molar refractivity (Wildman–Crippen MR) is 135 cm³/mol. The monoisotopic (exact) mass is 505 g/mol. The van der Waals surface area contributed by atoms with E-state index < -0.39 is 12.8 Å². The fourth-order valence-corrected chi connectivity index (χ4v) is 4.47. The molecule has 0 amide bonds. The zero-order valence-electron chi connectivity index (χ0n) is 18.7. The SMILES string of the molecule is Cl.[C-]#[N+]c1ccc2c(N3CCC(C(F)CO)CC3)nnc(NCc3ccc(OC)c(Cl)c3)c2c1. The summed E-state index contributed by atoms with van der Waals surface area (Å²) in [4.78, 5) is 5.65. The zero-order chi connectivity index (χ0) is 23.4. The van der Waals surface area contributed by atoms with Gasteiger partial charge < -0.3 is 20.1 Å². The van der Waals surface area contributed by atoms with Crippen LogP contribution in [0.5, 0.6) is 5.75 Å². The van der Waals surface area contributed by atoms with Crippen LogP contribution in [-0.2, 0) is 6.54 Å². The van der Waals surface area contributed by atoms with Crippen molar-refractivity contribution in [2.24, 2.45) is 5.92 Å². The molecule has 1 unspecified atom stereocenters. The predicted octanol–water partition coefficient (Wildman–Crippen LogP) is 5.42. The summed E-state index contributed by atoms with van der Waals surface area (Å²) in [5, 5.41) is 23.5. The number of nitrogens with one attached hydrogen (secondary N) is 1. The van der Waals surface area contributed by atoms with Gasteiger partial charge in [-0.2, -0.15) is 0 Å². The average Bonchev–Trinajstić information content (AvgIpc) is 2.86. The Kier molecular flexibility index (Phi) is 8.72. The number of aliphatic hydroxyl groups is 1. The molecule has 1 fully saturated rings. The normalized spacial score (nSPS) is 14.9. The van der Waals surface area contributed by atoms with Gasteiger partial charge in [-0.15, -0.1) is 22.6 Å². The molecular formula is C24H26Cl2FN5O2. The van der Waals surface area contributed by atoms with Gasteiger partial charge in [0.05, 0.1) is 25.3 Å². The molecule has 2 heterocycles. The zero-order valence-corrected chi connectivity index (χ0v) is 20.2. The van der Waals surface area contributed by atoms with Gasteiger partial charge in [0.2, 0.25) is 0 Å². The number of hydrogen-bond donors (Lipinski definition) is 2. The number of aliphatic hydroxyl groups excluding tert-OH is 1. The van der Waals surface area contributed by atoms with E-state index in [0.29, 0.717) is 54.8 Å². The molecule has 0 spiro atoms. The van der Waals surface area contributed by atoms with Crippen molar-refractivity contribution in [2.45, 2.75) is 25.6 Å². The molecule has 0 aliphatic carbocycles. The Morgan fingerprint density at radius 2 is 2.00 bits per heavy atom. The molecule has 3 aromatic rings. The standard InChI is InChI=1S/C24H25ClFN5O2.ClH/c1-27-17-4-5-18-19(12-17)23(28-13-15-3-6-22(33-2)20(25)11-15)29-30-24(18)31-9-7-16(8-10-31)21(26)14-32;/h3-6,11-12,16,21,32H,7-10,13-14H2,2H3,(H,28,29);1H. The lowest BCUT2D eigenvalue weighted by atomic mass is 9.92. The van der Waals surface area contributed by atoms with Crippen molar-refractivity contribution in [2.75, 3.05) is 37.0 Å². The quantitative estimate of drug-likeness (QED) is 0.417. The fourth-order valence-electron chi connectivity index (χ4n) is 4.19. The van der Waals surface area contributed by atoms with Crippen molar-refractivity contribution in [3.8, 4) is 5.75 Å². The van der Waals surface area contributed by atoms with Crippen LogP contribution in [0.25, 0.3) is 15.6 Å². The van der Waals surface area contributed by atoms with Crippen LogP contribution in [0.4, 0.5) is 21.7 Å². The van der Waals surface area contributed by atoms with Crippen molar-refractivity contribution in [1.82, 2.24) is 10.2 Å². The maximum atomic E-state index is 13.9. The summed E-state index contributed by atoms with van der Waals surface area (Å²) in [6, 6.07) is 11.0. The number of piperidine rings is 1. The van der Waals surface area contributed by atoms with Crippen LogP contribution in [-0.4, -0.2) is 48.3 Å². The summed E-state index contributed by atoms with van der Waals surface area (Å²) in [6.07, 6.45) is 0.0984. The van der Waals surface area contributed by atoms with Gasteiger partial charge >= 0.3 is 0 Å². The molecule has 10 heteroatoms. The van der Waals surface area contributed by atoms with E-state index in [4.69, 9.17) is 28.0 Å². The minimum atomic E-state index is -1.19. The van der Waals surface area contributed by atoms with Crippen LogP contribution in [0, 0.1) is 12.5 Å². The first kappa shape index (κ1) is 25.8. The fraction of sp³-hybridized carbons (Fsp3) is 0.375. The van der Waals surface area contributed by atoms with Crippen molar-refractivity contribution in [3.63, 3.8) is 0 Å².